The van der Waals surface area contributed by atoms with Crippen molar-refractivity contribution >= 4 is 11.8 Å². The van der Waals surface area contributed by atoms with Crippen molar-refractivity contribution in [3.8, 4) is 0 Å². The summed E-state index contributed by atoms with van der Waals surface area (Å²) >= 11 is 0. The van der Waals surface area contributed by atoms with E-state index in [1.54, 1.807) is 0 Å². The maximum absolute atomic E-state index is 4.64. The molecule has 6 heteroatoms. The van der Waals surface area contributed by atoms with E-state index >= 15 is 0 Å². The second-order valence-electron chi connectivity index (χ2n) is 6.44. The third kappa shape index (κ3) is 5.67. The van der Waals surface area contributed by atoms with Gasteiger partial charge in [0, 0.05) is 45.0 Å². The van der Waals surface area contributed by atoms with E-state index in [4.69, 9.17) is 0 Å². The second-order valence-corrected chi connectivity index (χ2v) is 6.44. The van der Waals surface area contributed by atoms with Crippen molar-refractivity contribution in [1.82, 2.24) is 20.5 Å². The van der Waals surface area contributed by atoms with E-state index in [1.807, 2.05) is 6.20 Å². The molecule has 1 aliphatic rings. The van der Waals surface area contributed by atoms with Gasteiger partial charge in [0.15, 0.2) is 5.96 Å². The van der Waals surface area contributed by atoms with Gasteiger partial charge in [0.1, 0.15) is 5.82 Å². The van der Waals surface area contributed by atoms with Crippen LogP contribution in [0.1, 0.15) is 33.3 Å². The number of hydrogen-bond acceptors (Lipinski definition) is 4. The van der Waals surface area contributed by atoms with Crippen LogP contribution in [0.5, 0.6) is 0 Å². The van der Waals surface area contributed by atoms with Gasteiger partial charge in [-0.2, -0.15) is 0 Å². The van der Waals surface area contributed by atoms with Crippen molar-refractivity contribution in [2.24, 2.45) is 4.99 Å². The number of nitrogens with zero attached hydrogens (tertiary/aromatic N) is 4. The van der Waals surface area contributed by atoms with Crippen LogP contribution >= 0.6 is 0 Å². The fourth-order valence-corrected chi connectivity index (χ4v) is 2.75. The first kappa shape index (κ1) is 18.5. The number of pyridine rings is 1. The lowest BCUT2D eigenvalue weighted by molar-refractivity contribution is 0.270. The summed E-state index contributed by atoms with van der Waals surface area (Å²) in [5, 5.41) is 6.59. The minimum atomic E-state index is 0.366. The predicted molar refractivity (Wildman–Crippen MR) is 102 cm³/mol. The Morgan fingerprint density at radius 3 is 2.50 bits per heavy atom. The Bertz CT molecular complexity index is 503. The molecule has 134 valence electrons. The van der Waals surface area contributed by atoms with Crippen LogP contribution < -0.4 is 15.5 Å². The molecular weight excluding hydrogens is 300 g/mol. The molecule has 6 nitrogen and oxygen atoms in total. The molecule has 1 fully saturated rings. The van der Waals surface area contributed by atoms with Crippen molar-refractivity contribution in [2.45, 2.75) is 40.3 Å². The highest BCUT2D eigenvalue weighted by atomic mass is 15.3. The molecule has 0 aromatic carbocycles. The fraction of sp³-hybridized carbons (Fsp3) is 0.667. The van der Waals surface area contributed by atoms with Gasteiger partial charge in [0.25, 0.3) is 0 Å². The minimum absolute atomic E-state index is 0.366. The Labute approximate surface area is 146 Å². The molecule has 0 spiro atoms. The lowest BCUT2D eigenvalue weighted by Gasteiger charge is -2.34. The van der Waals surface area contributed by atoms with E-state index in [0.29, 0.717) is 12.6 Å². The Balaban J connectivity index is 1.91. The van der Waals surface area contributed by atoms with Gasteiger partial charge >= 0.3 is 0 Å². The number of likely N-dealkylation sites (N-methyl/N-ethyl adjacent to an activating group) is 1. The highest BCUT2D eigenvalue weighted by Crippen LogP contribution is 2.14. The van der Waals surface area contributed by atoms with Gasteiger partial charge in [-0.3, -0.25) is 0 Å². The molecule has 24 heavy (non-hydrogen) atoms. The summed E-state index contributed by atoms with van der Waals surface area (Å²) in [6.45, 7) is 15.5. The molecule has 0 atom stereocenters. The van der Waals surface area contributed by atoms with Crippen molar-refractivity contribution in [3.05, 3.63) is 23.9 Å². The van der Waals surface area contributed by atoms with Crippen LogP contribution in [-0.2, 0) is 6.54 Å². The zero-order valence-electron chi connectivity index (χ0n) is 15.5. The first-order valence-electron chi connectivity index (χ1n) is 9.09. The van der Waals surface area contributed by atoms with Gasteiger partial charge in [-0.05, 0) is 38.9 Å². The van der Waals surface area contributed by atoms with Crippen molar-refractivity contribution in [2.75, 3.05) is 44.2 Å². The second kappa shape index (κ2) is 9.47. The SMILES string of the molecule is CCNC(=NCc1ccc(N2CCN(CC)CC2)nc1)NC(C)C. The van der Waals surface area contributed by atoms with E-state index in [0.717, 1.165) is 56.6 Å². The molecule has 0 radical (unpaired) electrons. The number of rotatable bonds is 6. The number of piperazine rings is 1. The smallest absolute Gasteiger partial charge is 0.191 e. The summed E-state index contributed by atoms with van der Waals surface area (Å²) in [4.78, 5) is 14.1. The molecule has 0 amide bonds. The lowest BCUT2D eigenvalue weighted by atomic mass is 10.2. The first-order chi connectivity index (χ1) is 11.6. The van der Waals surface area contributed by atoms with Gasteiger partial charge in [0.05, 0.1) is 6.54 Å². The molecule has 0 aliphatic carbocycles. The summed E-state index contributed by atoms with van der Waals surface area (Å²) in [5.74, 6) is 1.93. The predicted octanol–water partition coefficient (Wildman–Crippen LogP) is 1.69. The molecule has 2 N–H and O–H groups in total. The Hall–Kier alpha value is -1.82. The molecule has 0 bridgehead atoms. The molecule has 2 heterocycles. The molecular formula is C18H32N6. The molecule has 1 saturated heterocycles. The average Bonchev–Trinajstić information content (AvgIpc) is 2.60. The quantitative estimate of drug-likeness (QED) is 0.613. The van der Waals surface area contributed by atoms with E-state index in [9.17, 15) is 0 Å². The molecule has 2 rings (SSSR count). The zero-order valence-corrected chi connectivity index (χ0v) is 15.5. The maximum atomic E-state index is 4.64. The van der Waals surface area contributed by atoms with Gasteiger partial charge in [0.2, 0.25) is 0 Å². The Kier molecular flexibility index (Phi) is 7.31. The van der Waals surface area contributed by atoms with Crippen LogP contribution in [0.3, 0.4) is 0 Å². The highest BCUT2D eigenvalue weighted by Gasteiger charge is 2.16. The molecule has 1 aromatic heterocycles. The van der Waals surface area contributed by atoms with Crippen LogP contribution in [0.25, 0.3) is 0 Å². The normalized spacial score (nSPS) is 16.5. The molecule has 1 aliphatic heterocycles. The van der Waals surface area contributed by atoms with Crippen molar-refractivity contribution < 1.29 is 0 Å². The average molecular weight is 332 g/mol. The monoisotopic (exact) mass is 332 g/mol. The summed E-state index contributed by atoms with van der Waals surface area (Å²) in [5.41, 5.74) is 1.13. The van der Waals surface area contributed by atoms with Crippen molar-refractivity contribution in [3.63, 3.8) is 0 Å². The Morgan fingerprint density at radius 2 is 1.96 bits per heavy atom. The van der Waals surface area contributed by atoms with E-state index in [2.05, 4.69) is 70.2 Å². The zero-order chi connectivity index (χ0) is 17.4. The van der Waals surface area contributed by atoms with Gasteiger partial charge in [-0.15, -0.1) is 0 Å². The number of aromatic nitrogens is 1. The standard InChI is InChI=1S/C18H32N6/c1-5-19-18(22-15(3)4)21-14-16-7-8-17(20-13-16)24-11-9-23(6-2)10-12-24/h7-8,13,15H,5-6,9-12,14H2,1-4H3,(H2,19,21,22). The fourth-order valence-electron chi connectivity index (χ4n) is 2.75. The largest absolute Gasteiger partial charge is 0.357 e. The van der Waals surface area contributed by atoms with Gasteiger partial charge in [-0.1, -0.05) is 13.0 Å². The third-order valence-electron chi connectivity index (χ3n) is 4.14. The van der Waals surface area contributed by atoms with Gasteiger partial charge < -0.3 is 20.4 Å². The van der Waals surface area contributed by atoms with Gasteiger partial charge in [-0.25, -0.2) is 9.98 Å². The first-order valence-corrected chi connectivity index (χ1v) is 9.09. The summed E-state index contributed by atoms with van der Waals surface area (Å²) in [7, 11) is 0. The van der Waals surface area contributed by atoms with Crippen LogP contribution in [0.15, 0.2) is 23.3 Å². The van der Waals surface area contributed by atoms with E-state index in [1.165, 1.54) is 0 Å². The maximum Gasteiger partial charge on any atom is 0.191 e. The summed E-state index contributed by atoms with van der Waals surface area (Å²) in [6.07, 6.45) is 1.95. The molecule has 0 unspecified atom stereocenters. The van der Waals surface area contributed by atoms with Crippen molar-refractivity contribution in [1.29, 1.82) is 0 Å². The number of hydrogen-bond donors (Lipinski definition) is 2. The summed E-state index contributed by atoms with van der Waals surface area (Å²) in [6, 6.07) is 4.62. The third-order valence-corrected chi connectivity index (χ3v) is 4.14. The molecule has 0 saturated carbocycles. The van der Waals surface area contributed by atoms with E-state index in [-0.39, 0.29) is 0 Å². The van der Waals surface area contributed by atoms with Crippen LogP contribution in [0.4, 0.5) is 5.82 Å². The van der Waals surface area contributed by atoms with E-state index < -0.39 is 0 Å². The number of aliphatic imine (C=N–C) groups is 1. The topological polar surface area (TPSA) is 55.8 Å². The molecule has 1 aromatic rings. The lowest BCUT2D eigenvalue weighted by Crippen LogP contribution is -2.46. The Morgan fingerprint density at radius 1 is 1.21 bits per heavy atom. The minimum Gasteiger partial charge on any atom is -0.357 e. The summed E-state index contributed by atoms with van der Waals surface area (Å²) < 4.78 is 0. The van der Waals surface area contributed by atoms with Crippen LogP contribution in [0, 0.1) is 0 Å². The number of nitrogens with one attached hydrogen (secondary N) is 2. The van der Waals surface area contributed by atoms with Crippen LogP contribution in [0.2, 0.25) is 0 Å². The number of anilines is 1. The van der Waals surface area contributed by atoms with Crippen LogP contribution in [-0.4, -0.2) is 61.2 Å². The number of guanidine groups is 1. The highest BCUT2D eigenvalue weighted by molar-refractivity contribution is 5.79.